The van der Waals surface area contributed by atoms with Crippen molar-refractivity contribution < 1.29 is 9.21 Å². The van der Waals surface area contributed by atoms with E-state index in [0.717, 1.165) is 11.3 Å². The lowest BCUT2D eigenvalue weighted by Gasteiger charge is -2.15. The molecule has 3 rings (SSSR count). The van der Waals surface area contributed by atoms with Crippen molar-refractivity contribution in [3.8, 4) is 0 Å². The molecule has 2 aromatic heterocycles. The van der Waals surface area contributed by atoms with Crippen LogP contribution in [0.25, 0.3) is 6.08 Å². The summed E-state index contributed by atoms with van der Waals surface area (Å²) >= 11 is 1.69. The maximum atomic E-state index is 12.1. The molecule has 1 aromatic carbocycles. The Morgan fingerprint density at radius 2 is 2.16 bits per heavy atom. The van der Waals surface area contributed by atoms with Crippen LogP contribution in [0.4, 0.5) is 0 Å². The summed E-state index contributed by atoms with van der Waals surface area (Å²) in [6.07, 6.45) is 10.5. The molecule has 2 heterocycles. The second kappa shape index (κ2) is 8.39. The van der Waals surface area contributed by atoms with E-state index >= 15 is 0 Å². The molecule has 6 heteroatoms. The predicted octanol–water partition coefficient (Wildman–Crippen LogP) is 3.62. The Kier molecular flexibility index (Phi) is 5.74. The van der Waals surface area contributed by atoms with Crippen molar-refractivity contribution in [1.82, 2.24) is 15.1 Å². The van der Waals surface area contributed by atoms with Gasteiger partial charge in [0, 0.05) is 29.9 Å². The van der Waals surface area contributed by atoms with Gasteiger partial charge >= 0.3 is 0 Å². The predicted molar refractivity (Wildman–Crippen MR) is 99.3 cm³/mol. The first-order valence-corrected chi connectivity index (χ1v) is 9.11. The van der Waals surface area contributed by atoms with E-state index in [4.69, 9.17) is 4.42 Å². The van der Waals surface area contributed by atoms with Gasteiger partial charge in [-0.25, -0.2) is 0 Å². The summed E-state index contributed by atoms with van der Waals surface area (Å²) in [5.41, 5.74) is 0.989. The third-order valence-electron chi connectivity index (χ3n) is 3.73. The fourth-order valence-corrected chi connectivity index (χ4v) is 2.82. The number of nitrogens with zero attached hydrogens (tertiary/aromatic N) is 2. The van der Waals surface area contributed by atoms with Crippen LogP contribution in [0.1, 0.15) is 17.4 Å². The highest BCUT2D eigenvalue weighted by atomic mass is 32.2. The normalized spacial score (nSPS) is 12.4. The average Bonchev–Trinajstić information content (AvgIpc) is 3.35. The van der Waals surface area contributed by atoms with Crippen molar-refractivity contribution in [2.45, 2.75) is 10.9 Å². The Balaban J connectivity index is 1.60. The fraction of sp³-hybridized carbons (Fsp3) is 0.158. The smallest absolute Gasteiger partial charge is 0.244 e. The summed E-state index contributed by atoms with van der Waals surface area (Å²) in [7, 11) is 0. The summed E-state index contributed by atoms with van der Waals surface area (Å²) in [6.45, 7) is 0.393. The van der Waals surface area contributed by atoms with Crippen molar-refractivity contribution in [3.63, 3.8) is 0 Å². The van der Waals surface area contributed by atoms with Crippen molar-refractivity contribution in [2.24, 2.45) is 0 Å². The number of benzene rings is 1. The quantitative estimate of drug-likeness (QED) is 0.521. The van der Waals surface area contributed by atoms with Crippen LogP contribution in [-0.2, 0) is 4.79 Å². The van der Waals surface area contributed by atoms with Gasteiger partial charge in [-0.1, -0.05) is 12.1 Å². The zero-order valence-electron chi connectivity index (χ0n) is 13.8. The second-order valence-corrected chi connectivity index (χ2v) is 6.25. The average molecular weight is 353 g/mol. The standard InChI is InChI=1S/C19H19N3O2S/c1-25-16-8-5-15(6-9-16)7-10-19(23)20-14-17(18-4-2-13-24-18)22-12-3-11-21-22/h2-13,17H,14H2,1H3,(H,20,23)/b10-7+. The first-order chi connectivity index (χ1) is 12.3. The van der Waals surface area contributed by atoms with Gasteiger partial charge in [0.25, 0.3) is 0 Å². The van der Waals surface area contributed by atoms with Crippen molar-refractivity contribution in [1.29, 1.82) is 0 Å². The van der Waals surface area contributed by atoms with E-state index in [-0.39, 0.29) is 11.9 Å². The summed E-state index contributed by atoms with van der Waals surface area (Å²) in [5, 5.41) is 7.15. The zero-order chi connectivity index (χ0) is 17.5. The van der Waals surface area contributed by atoms with Gasteiger partial charge < -0.3 is 9.73 Å². The highest BCUT2D eigenvalue weighted by Gasteiger charge is 2.17. The Morgan fingerprint density at radius 3 is 2.80 bits per heavy atom. The Hall–Kier alpha value is -2.73. The number of amides is 1. The van der Waals surface area contributed by atoms with E-state index in [1.165, 1.54) is 11.0 Å². The van der Waals surface area contributed by atoms with Gasteiger partial charge in [0.15, 0.2) is 0 Å². The molecule has 1 unspecified atom stereocenters. The molecule has 0 aliphatic rings. The summed E-state index contributed by atoms with van der Waals surface area (Å²) in [5.74, 6) is 0.596. The van der Waals surface area contributed by atoms with Gasteiger partial charge in [0.05, 0.1) is 6.26 Å². The van der Waals surface area contributed by atoms with Crippen LogP contribution in [0.2, 0.25) is 0 Å². The number of carbonyl (C=O) groups is 1. The van der Waals surface area contributed by atoms with Crippen molar-refractivity contribution in [3.05, 3.63) is 78.5 Å². The molecule has 0 radical (unpaired) electrons. The SMILES string of the molecule is CSc1ccc(/C=C/C(=O)NCC(c2ccco2)n2cccn2)cc1. The number of thioether (sulfide) groups is 1. The van der Waals surface area contributed by atoms with Crippen LogP contribution in [0.15, 0.2) is 76.5 Å². The molecule has 1 atom stereocenters. The largest absolute Gasteiger partial charge is 0.467 e. The van der Waals surface area contributed by atoms with Gasteiger partial charge in [-0.3, -0.25) is 9.48 Å². The van der Waals surface area contributed by atoms with E-state index in [0.29, 0.717) is 6.54 Å². The molecule has 0 spiro atoms. The Labute approximate surface area is 150 Å². The topological polar surface area (TPSA) is 60.1 Å². The van der Waals surface area contributed by atoms with E-state index in [2.05, 4.69) is 10.4 Å². The van der Waals surface area contributed by atoms with Gasteiger partial charge in [0.2, 0.25) is 5.91 Å². The molecular weight excluding hydrogens is 334 g/mol. The number of nitrogens with one attached hydrogen (secondary N) is 1. The molecule has 0 aliphatic carbocycles. The highest BCUT2D eigenvalue weighted by molar-refractivity contribution is 7.98. The van der Waals surface area contributed by atoms with E-state index in [1.54, 1.807) is 35.0 Å². The van der Waals surface area contributed by atoms with Crippen molar-refractivity contribution >= 4 is 23.7 Å². The maximum Gasteiger partial charge on any atom is 0.244 e. The van der Waals surface area contributed by atoms with Gasteiger partial charge in [-0.15, -0.1) is 11.8 Å². The number of aromatic nitrogens is 2. The first kappa shape index (κ1) is 17.1. The van der Waals surface area contributed by atoms with Crippen LogP contribution in [0.3, 0.4) is 0 Å². The molecule has 1 N–H and O–H groups in total. The molecular formula is C19H19N3O2S. The summed E-state index contributed by atoms with van der Waals surface area (Å²) < 4.78 is 7.24. The van der Waals surface area contributed by atoms with Crippen LogP contribution in [0.5, 0.6) is 0 Å². The molecule has 3 aromatic rings. The lowest BCUT2D eigenvalue weighted by atomic mass is 10.2. The van der Waals surface area contributed by atoms with Gasteiger partial charge in [-0.05, 0) is 48.2 Å². The van der Waals surface area contributed by atoms with E-state index in [1.807, 2.05) is 54.9 Å². The van der Waals surface area contributed by atoms with Crippen LogP contribution < -0.4 is 5.32 Å². The molecule has 0 fully saturated rings. The van der Waals surface area contributed by atoms with Crippen LogP contribution in [-0.4, -0.2) is 28.5 Å². The molecule has 1 amide bonds. The molecule has 128 valence electrons. The summed E-state index contributed by atoms with van der Waals surface area (Å²) in [6, 6.07) is 13.4. The fourth-order valence-electron chi connectivity index (χ4n) is 2.41. The third-order valence-corrected chi connectivity index (χ3v) is 4.47. The second-order valence-electron chi connectivity index (χ2n) is 5.37. The van der Waals surface area contributed by atoms with E-state index < -0.39 is 0 Å². The van der Waals surface area contributed by atoms with Crippen molar-refractivity contribution in [2.75, 3.05) is 12.8 Å². The van der Waals surface area contributed by atoms with Crippen LogP contribution in [0, 0.1) is 0 Å². The lowest BCUT2D eigenvalue weighted by molar-refractivity contribution is -0.116. The minimum Gasteiger partial charge on any atom is -0.467 e. The van der Waals surface area contributed by atoms with Crippen LogP contribution >= 0.6 is 11.8 Å². The first-order valence-electron chi connectivity index (χ1n) is 7.89. The van der Waals surface area contributed by atoms with Gasteiger partial charge in [0.1, 0.15) is 11.8 Å². The number of rotatable bonds is 7. The molecule has 0 bridgehead atoms. The maximum absolute atomic E-state index is 12.1. The minimum absolute atomic E-state index is 0.155. The number of hydrogen-bond acceptors (Lipinski definition) is 4. The molecule has 5 nitrogen and oxygen atoms in total. The molecule has 25 heavy (non-hydrogen) atoms. The summed E-state index contributed by atoms with van der Waals surface area (Å²) in [4.78, 5) is 13.3. The number of carbonyl (C=O) groups excluding carboxylic acids is 1. The Bertz CT molecular complexity index is 775. The highest BCUT2D eigenvalue weighted by Crippen LogP contribution is 2.17. The number of hydrogen-bond donors (Lipinski definition) is 1. The molecule has 0 aliphatic heterocycles. The van der Waals surface area contributed by atoms with Gasteiger partial charge in [-0.2, -0.15) is 5.10 Å². The number of furan rings is 1. The molecule has 0 saturated carbocycles. The lowest BCUT2D eigenvalue weighted by Crippen LogP contribution is -2.30. The monoisotopic (exact) mass is 353 g/mol. The Morgan fingerprint density at radius 1 is 1.32 bits per heavy atom. The van der Waals surface area contributed by atoms with E-state index in [9.17, 15) is 4.79 Å². The zero-order valence-corrected chi connectivity index (χ0v) is 14.6. The minimum atomic E-state index is -0.178. The third kappa shape index (κ3) is 4.64. The molecule has 0 saturated heterocycles.